The Morgan fingerprint density at radius 2 is 1.76 bits per heavy atom. The number of halogens is 2. The average Bonchev–Trinajstić information content (AvgIpc) is 2.97. The van der Waals surface area contributed by atoms with Crippen LogP contribution in [-0.4, -0.2) is 90.9 Å². The molecule has 1 fully saturated rings. The van der Waals surface area contributed by atoms with E-state index in [1.807, 2.05) is 0 Å². The van der Waals surface area contributed by atoms with Crippen molar-refractivity contribution < 1.29 is 56.8 Å². The van der Waals surface area contributed by atoms with Crippen molar-refractivity contribution in [3.8, 4) is 17.2 Å². The zero-order valence-corrected chi connectivity index (χ0v) is 25.0. The largest absolute Gasteiger partial charge is 0.507 e. The van der Waals surface area contributed by atoms with Crippen molar-refractivity contribution >= 4 is 42.0 Å². The van der Waals surface area contributed by atoms with Crippen LogP contribution < -0.4 is 4.74 Å². The molecular weight excluding hydrogens is 670 g/mol. The summed E-state index contributed by atoms with van der Waals surface area (Å²) in [5, 5.41) is 53.1. The van der Waals surface area contributed by atoms with Crippen LogP contribution in [0.15, 0.2) is 18.2 Å². The van der Waals surface area contributed by atoms with Crippen molar-refractivity contribution in [2.24, 2.45) is 11.8 Å². The first kappa shape index (κ1) is 30.6. The molecule has 0 amide bonds. The number of rotatable bonds is 6. The molecule has 1 saturated heterocycles. The van der Waals surface area contributed by atoms with Crippen molar-refractivity contribution in [1.29, 1.82) is 0 Å². The summed E-state index contributed by atoms with van der Waals surface area (Å²) in [6.45, 7) is 2.26. The molecule has 0 saturated carbocycles. The number of alkyl halides is 1. The maximum Gasteiger partial charge on any atom is 0.202 e. The van der Waals surface area contributed by atoms with Gasteiger partial charge in [-0.3, -0.25) is 17.4 Å². The van der Waals surface area contributed by atoms with Gasteiger partial charge in [-0.25, -0.2) is 4.39 Å². The average molecular weight is 700 g/mol. The smallest absolute Gasteiger partial charge is 0.202 e. The van der Waals surface area contributed by atoms with E-state index in [9.17, 15) is 44.3 Å². The summed E-state index contributed by atoms with van der Waals surface area (Å²) in [4.78, 5) is 39.7. The Balaban J connectivity index is 1.67. The third kappa shape index (κ3) is 4.85. The Labute approximate surface area is 250 Å². The van der Waals surface area contributed by atoms with Crippen LogP contribution >= 0.6 is 21.1 Å². The van der Waals surface area contributed by atoms with E-state index in [0.717, 1.165) is 0 Å². The lowest BCUT2D eigenvalue weighted by atomic mass is 9.72. The van der Waals surface area contributed by atoms with Crippen LogP contribution in [0.1, 0.15) is 63.2 Å². The zero-order chi connectivity index (χ0) is 30.6. The molecule has 5 rings (SSSR count). The summed E-state index contributed by atoms with van der Waals surface area (Å²) in [6.07, 6.45) is -7.76. The number of carbonyl (C=O) groups excluding carboxylic acids is 3. The normalized spacial score (nSPS) is 28.8. The van der Waals surface area contributed by atoms with Crippen molar-refractivity contribution in [2.45, 2.75) is 57.5 Å². The van der Waals surface area contributed by atoms with Gasteiger partial charge in [-0.05, 0) is 38.7 Å². The molecular formula is C29H30FIO11. The van der Waals surface area contributed by atoms with Crippen molar-refractivity contribution in [1.82, 2.24) is 0 Å². The summed E-state index contributed by atoms with van der Waals surface area (Å²) in [5.41, 5.74) is -0.729. The van der Waals surface area contributed by atoms with Gasteiger partial charge in [-0.1, -0.05) is 12.1 Å². The fraction of sp³-hybridized carbons (Fsp3) is 0.448. The SMILES string of the molecule is COc1cccc2c1C(=O)c1c(O)c3c(c(O)c1C2=O)C[C@@H](C(CO)C(C)=O)CC3=IOC1OC(C)C(O)C(O)C1F. The predicted molar refractivity (Wildman–Crippen MR) is 153 cm³/mol. The molecule has 0 bridgehead atoms. The van der Waals surface area contributed by atoms with Crippen molar-refractivity contribution in [2.75, 3.05) is 13.7 Å². The molecule has 226 valence electrons. The van der Waals surface area contributed by atoms with Gasteiger partial charge in [0.2, 0.25) is 12.1 Å². The lowest BCUT2D eigenvalue weighted by Gasteiger charge is -2.37. The molecule has 13 heteroatoms. The van der Waals surface area contributed by atoms with Gasteiger partial charge >= 0.3 is 0 Å². The quantitative estimate of drug-likeness (QED) is 0.187. The third-order valence-corrected chi connectivity index (χ3v) is 10.4. The predicted octanol–water partition coefficient (Wildman–Crippen LogP) is 1.87. The van der Waals surface area contributed by atoms with Gasteiger partial charge < -0.3 is 35.0 Å². The summed E-state index contributed by atoms with van der Waals surface area (Å²) in [6, 6.07) is 4.43. The number of benzene rings is 2. The number of fused-ring (bicyclic) bond motifs is 3. The van der Waals surface area contributed by atoms with Gasteiger partial charge in [-0.2, -0.15) is 0 Å². The number of hydrogen-bond acceptors (Lipinski definition) is 11. The first-order valence-electron chi connectivity index (χ1n) is 13.2. The molecule has 2 aromatic rings. The highest BCUT2D eigenvalue weighted by Crippen LogP contribution is 2.49. The molecule has 6 unspecified atom stereocenters. The van der Waals surface area contributed by atoms with E-state index in [0.29, 0.717) is 3.51 Å². The first-order chi connectivity index (χ1) is 19.9. The van der Waals surface area contributed by atoms with E-state index in [2.05, 4.69) is 0 Å². The fourth-order valence-electron chi connectivity index (χ4n) is 5.88. The van der Waals surface area contributed by atoms with Crippen LogP contribution in [0.25, 0.3) is 0 Å². The summed E-state index contributed by atoms with van der Waals surface area (Å²) in [7, 11) is 1.33. The van der Waals surface area contributed by atoms with Crippen LogP contribution in [0.2, 0.25) is 0 Å². The van der Waals surface area contributed by atoms with Gasteiger partial charge in [0, 0.05) is 26.1 Å². The van der Waals surface area contributed by atoms with Crippen LogP contribution in [-0.2, 0) is 19.0 Å². The summed E-state index contributed by atoms with van der Waals surface area (Å²) < 4.78 is 31.7. The maximum absolute atomic E-state index is 14.8. The molecule has 1 heterocycles. The number of aromatic hydroxyl groups is 2. The topological polar surface area (TPSA) is 180 Å². The molecule has 0 aromatic heterocycles. The van der Waals surface area contributed by atoms with Crippen LogP contribution in [0.5, 0.6) is 17.2 Å². The number of aliphatic hydroxyl groups is 3. The number of ketones is 3. The second kappa shape index (κ2) is 11.7. The number of phenols is 2. The van der Waals surface area contributed by atoms with E-state index in [1.165, 1.54) is 39.2 Å². The number of Topliss-reactive ketones (excluding diaryl/α,β-unsaturated/α-hetero) is 1. The molecule has 1 aliphatic heterocycles. The minimum Gasteiger partial charge on any atom is -0.507 e. The molecule has 0 spiro atoms. The molecule has 3 aliphatic rings. The van der Waals surface area contributed by atoms with E-state index in [4.69, 9.17) is 12.5 Å². The van der Waals surface area contributed by atoms with Crippen molar-refractivity contribution in [3.05, 3.63) is 51.6 Å². The number of ether oxygens (including phenoxy) is 2. The van der Waals surface area contributed by atoms with Gasteiger partial charge in [0.05, 0.1) is 57.7 Å². The summed E-state index contributed by atoms with van der Waals surface area (Å²) >= 11 is -1.73. The number of methoxy groups -OCH3 is 1. The number of hydrogen-bond donors (Lipinski definition) is 5. The molecule has 2 aliphatic carbocycles. The number of aliphatic hydroxyl groups excluding tert-OH is 3. The highest BCUT2D eigenvalue weighted by Gasteiger charge is 2.45. The molecule has 2 aromatic carbocycles. The second-order valence-corrected chi connectivity index (χ2v) is 12.9. The van der Waals surface area contributed by atoms with E-state index in [1.54, 1.807) is 0 Å². The van der Waals surface area contributed by atoms with Crippen LogP contribution in [0, 0.1) is 11.8 Å². The fourth-order valence-corrected chi connectivity index (χ4v) is 8.39. The number of phenolic OH excluding ortho intramolecular Hbond substituents is 2. The highest BCUT2D eigenvalue weighted by atomic mass is 127. The van der Waals surface area contributed by atoms with E-state index >= 15 is 0 Å². The molecule has 11 nitrogen and oxygen atoms in total. The van der Waals surface area contributed by atoms with E-state index in [-0.39, 0.29) is 52.2 Å². The molecule has 0 radical (unpaired) electrons. The maximum atomic E-state index is 14.8. The number of carbonyl (C=O) groups is 3. The second-order valence-electron chi connectivity index (χ2n) is 10.6. The molecule has 42 heavy (non-hydrogen) atoms. The Bertz CT molecular complexity index is 1510. The van der Waals surface area contributed by atoms with Gasteiger partial charge in [-0.15, -0.1) is 0 Å². The lowest BCUT2D eigenvalue weighted by molar-refractivity contribution is -0.241. The first-order valence-corrected chi connectivity index (χ1v) is 15.2. The zero-order valence-electron chi connectivity index (χ0n) is 22.8. The Morgan fingerprint density at radius 1 is 1.07 bits per heavy atom. The van der Waals surface area contributed by atoms with Crippen molar-refractivity contribution in [3.63, 3.8) is 0 Å². The Morgan fingerprint density at radius 3 is 2.40 bits per heavy atom. The minimum atomic E-state index is -2.09. The van der Waals surface area contributed by atoms with Gasteiger partial charge in [0.15, 0.2) is 12.0 Å². The molecule has 5 N–H and O–H groups in total. The molecule has 7 atom stereocenters. The van der Waals surface area contributed by atoms with Crippen LogP contribution in [0.4, 0.5) is 4.39 Å². The van der Waals surface area contributed by atoms with Gasteiger partial charge in [0.1, 0.15) is 35.2 Å². The van der Waals surface area contributed by atoms with Gasteiger partial charge in [0.25, 0.3) is 0 Å². The third-order valence-electron chi connectivity index (χ3n) is 8.18. The monoisotopic (exact) mass is 700 g/mol. The summed E-state index contributed by atoms with van der Waals surface area (Å²) in [5.74, 6) is -4.19. The van der Waals surface area contributed by atoms with E-state index < -0.39 is 99.0 Å². The Kier molecular flexibility index (Phi) is 8.53. The highest BCUT2D eigenvalue weighted by molar-refractivity contribution is 14.2. The minimum absolute atomic E-state index is 0.0101. The van der Waals surface area contributed by atoms with Crippen LogP contribution in [0.3, 0.4) is 0 Å². The lowest BCUT2D eigenvalue weighted by Crippen LogP contribution is -2.55. The Hall–Kier alpha value is -2.82. The standard InChI is InChI=1S/C29H30FIO11/c1-10(33)15(9-32)12-7-14-18(16(8-12)31-42-29-22(30)28(39)23(34)11(2)41-29)26(37)21-20(25(14)36)24(35)13-5-4-6-17(40-3)19(13)27(21)38/h4-6,11-12,15,22-23,28-29,32,34,36-37,39H,7-9H2,1-3H3/t11?,12-,15?,22?,23?,28?,29?/m1/s1.